The highest BCUT2D eigenvalue weighted by Crippen LogP contribution is 2.32. The zero-order chi connectivity index (χ0) is 20.3. The Morgan fingerprint density at radius 1 is 1.21 bits per heavy atom. The molecule has 1 aromatic carbocycles. The van der Waals surface area contributed by atoms with Gasteiger partial charge in [0, 0.05) is 18.7 Å². The van der Waals surface area contributed by atoms with Crippen molar-refractivity contribution >= 4 is 16.9 Å². The minimum Gasteiger partial charge on any atom is -0.502 e. The van der Waals surface area contributed by atoms with E-state index in [2.05, 4.69) is 0 Å². The highest BCUT2D eigenvalue weighted by atomic mass is 16.5. The van der Waals surface area contributed by atoms with Crippen LogP contribution < -0.4 is 10.9 Å². The first kappa shape index (κ1) is 19.4. The lowest BCUT2D eigenvalue weighted by atomic mass is 9.92. The molecule has 0 bridgehead atoms. The smallest absolute Gasteiger partial charge is 0.306 e. The van der Waals surface area contributed by atoms with Crippen molar-refractivity contribution in [3.63, 3.8) is 0 Å². The number of carbonyl (C=O) groups is 1. The van der Waals surface area contributed by atoms with Crippen LogP contribution in [-0.4, -0.2) is 25.3 Å². The third-order valence-electron chi connectivity index (χ3n) is 4.28. The third kappa shape index (κ3) is 3.67. The Hall–Kier alpha value is -3.39. The van der Waals surface area contributed by atoms with Crippen molar-refractivity contribution in [2.75, 3.05) is 14.2 Å². The summed E-state index contributed by atoms with van der Waals surface area (Å²) in [7, 11) is 2.61. The fraction of sp³-hybridized carbons (Fsp3) is 0.250. The fourth-order valence-corrected chi connectivity index (χ4v) is 2.93. The number of benzene rings is 1. The maximum atomic E-state index is 13.0. The molecule has 2 aromatic heterocycles. The summed E-state index contributed by atoms with van der Waals surface area (Å²) in [5.41, 5.74) is -0.702. The molecule has 3 aromatic rings. The molecule has 8 nitrogen and oxygen atoms in total. The molecule has 0 aliphatic carbocycles. The van der Waals surface area contributed by atoms with Gasteiger partial charge >= 0.3 is 5.97 Å². The predicted molar refractivity (Wildman–Crippen MR) is 98.3 cm³/mol. The van der Waals surface area contributed by atoms with Gasteiger partial charge in [0.2, 0.25) is 11.2 Å². The maximum Gasteiger partial charge on any atom is 0.306 e. The highest BCUT2D eigenvalue weighted by Gasteiger charge is 2.29. The van der Waals surface area contributed by atoms with Crippen LogP contribution in [0.5, 0.6) is 5.75 Å². The minimum absolute atomic E-state index is 0.0280. The van der Waals surface area contributed by atoms with Gasteiger partial charge in [-0.15, -0.1) is 0 Å². The quantitative estimate of drug-likeness (QED) is 0.642. The maximum absolute atomic E-state index is 13.0. The van der Waals surface area contributed by atoms with Gasteiger partial charge in [-0.3, -0.25) is 14.4 Å². The largest absolute Gasteiger partial charge is 0.502 e. The molecule has 0 fully saturated rings. The Bertz CT molecular complexity index is 1120. The van der Waals surface area contributed by atoms with E-state index in [-0.39, 0.29) is 30.1 Å². The fourth-order valence-electron chi connectivity index (χ4n) is 2.93. The van der Waals surface area contributed by atoms with Crippen LogP contribution in [0.3, 0.4) is 0 Å². The number of rotatable bonds is 6. The number of ether oxygens (including phenoxy) is 2. The van der Waals surface area contributed by atoms with Crippen molar-refractivity contribution < 1.29 is 28.2 Å². The van der Waals surface area contributed by atoms with Crippen molar-refractivity contribution in [2.45, 2.75) is 18.9 Å². The zero-order valence-electron chi connectivity index (χ0n) is 15.3. The Kier molecular flexibility index (Phi) is 5.60. The highest BCUT2D eigenvalue weighted by molar-refractivity contribution is 5.77. The molecular weight excluding hydrogens is 368 g/mol. The lowest BCUT2D eigenvalue weighted by Crippen LogP contribution is -2.20. The van der Waals surface area contributed by atoms with Crippen molar-refractivity contribution in [3.8, 4) is 5.75 Å². The van der Waals surface area contributed by atoms with E-state index in [1.54, 1.807) is 24.3 Å². The standard InChI is InChI=1S/C20H18O8/c1-25-9-11-7-15(21)19(24)20(28-11)13(8-17(22)26-2)14-10-27-16-6-4-3-5-12(16)18(14)23/h3-7,10,13,24H,8-9H2,1-2H3/t13-/m0/s1. The van der Waals surface area contributed by atoms with Gasteiger partial charge in [-0.05, 0) is 12.1 Å². The summed E-state index contributed by atoms with van der Waals surface area (Å²) >= 11 is 0. The molecule has 0 aliphatic heterocycles. The number of fused-ring (bicyclic) bond motifs is 1. The molecule has 1 atom stereocenters. The van der Waals surface area contributed by atoms with Crippen LogP contribution >= 0.6 is 0 Å². The lowest BCUT2D eigenvalue weighted by molar-refractivity contribution is -0.140. The first-order valence-electron chi connectivity index (χ1n) is 8.38. The molecular formula is C20H18O8. The SMILES string of the molecule is COCc1cc(=O)c(O)c([C@@H](CC(=O)OC)c2coc3ccccc3c2=O)o1. The van der Waals surface area contributed by atoms with E-state index in [4.69, 9.17) is 18.3 Å². The van der Waals surface area contributed by atoms with Crippen molar-refractivity contribution in [1.29, 1.82) is 0 Å². The van der Waals surface area contributed by atoms with Gasteiger partial charge in [-0.1, -0.05) is 12.1 Å². The Labute approximate surface area is 158 Å². The van der Waals surface area contributed by atoms with Gasteiger partial charge in [-0.2, -0.15) is 0 Å². The van der Waals surface area contributed by atoms with Crippen LogP contribution in [0.4, 0.5) is 0 Å². The number of aromatic hydroxyl groups is 1. The third-order valence-corrected chi connectivity index (χ3v) is 4.28. The van der Waals surface area contributed by atoms with Crippen LogP contribution in [0.15, 0.2) is 55.0 Å². The summed E-state index contributed by atoms with van der Waals surface area (Å²) in [6.07, 6.45) is 0.854. The van der Waals surface area contributed by atoms with Crippen LogP contribution in [0, 0.1) is 0 Å². The van der Waals surface area contributed by atoms with Gasteiger partial charge in [-0.25, -0.2) is 0 Å². The molecule has 0 unspecified atom stereocenters. The molecule has 2 heterocycles. The van der Waals surface area contributed by atoms with Crippen molar-refractivity contribution in [2.24, 2.45) is 0 Å². The average molecular weight is 386 g/mol. The molecule has 0 aliphatic rings. The number of hydrogen-bond donors (Lipinski definition) is 1. The Morgan fingerprint density at radius 2 is 1.96 bits per heavy atom. The number of carbonyl (C=O) groups excluding carboxylic acids is 1. The van der Waals surface area contributed by atoms with E-state index in [0.29, 0.717) is 11.0 Å². The van der Waals surface area contributed by atoms with E-state index < -0.39 is 28.5 Å². The molecule has 0 saturated carbocycles. The Morgan fingerprint density at radius 3 is 2.68 bits per heavy atom. The summed E-state index contributed by atoms with van der Waals surface area (Å²) in [5.74, 6) is -2.52. The predicted octanol–water partition coefficient (Wildman–Crippen LogP) is 2.29. The number of methoxy groups -OCH3 is 2. The van der Waals surface area contributed by atoms with E-state index in [9.17, 15) is 19.5 Å². The molecule has 1 N–H and O–H groups in total. The Balaban J connectivity index is 2.24. The van der Waals surface area contributed by atoms with Gasteiger partial charge in [0.25, 0.3) is 0 Å². The molecule has 0 saturated heterocycles. The zero-order valence-corrected chi connectivity index (χ0v) is 15.3. The van der Waals surface area contributed by atoms with Crippen molar-refractivity contribution in [1.82, 2.24) is 0 Å². The monoisotopic (exact) mass is 386 g/mol. The van der Waals surface area contributed by atoms with Gasteiger partial charge in [0.05, 0.1) is 31.1 Å². The van der Waals surface area contributed by atoms with Crippen LogP contribution in [0.25, 0.3) is 11.0 Å². The average Bonchev–Trinajstić information content (AvgIpc) is 2.70. The summed E-state index contributed by atoms with van der Waals surface area (Å²) in [6.45, 7) is -0.0280. The molecule has 0 spiro atoms. The second-order valence-electron chi connectivity index (χ2n) is 6.07. The number of hydrogen-bond acceptors (Lipinski definition) is 8. The molecule has 8 heteroatoms. The molecule has 0 radical (unpaired) electrons. The van der Waals surface area contributed by atoms with Crippen LogP contribution in [0.1, 0.15) is 29.4 Å². The van der Waals surface area contributed by atoms with E-state index in [0.717, 1.165) is 6.07 Å². The second-order valence-corrected chi connectivity index (χ2v) is 6.07. The normalized spacial score (nSPS) is 12.1. The summed E-state index contributed by atoms with van der Waals surface area (Å²) in [6, 6.07) is 7.69. The first-order chi connectivity index (χ1) is 13.5. The molecule has 0 amide bonds. The minimum atomic E-state index is -1.09. The summed E-state index contributed by atoms with van der Waals surface area (Å²) in [5, 5.41) is 10.6. The molecule has 146 valence electrons. The summed E-state index contributed by atoms with van der Waals surface area (Å²) < 4.78 is 20.8. The van der Waals surface area contributed by atoms with Gasteiger partial charge in [0.15, 0.2) is 11.2 Å². The second kappa shape index (κ2) is 8.10. The van der Waals surface area contributed by atoms with Crippen LogP contribution in [-0.2, 0) is 20.9 Å². The molecule has 3 rings (SSSR count). The first-order valence-corrected chi connectivity index (χ1v) is 8.38. The number of esters is 1. The number of para-hydroxylation sites is 1. The van der Waals surface area contributed by atoms with E-state index in [1.807, 2.05) is 0 Å². The lowest BCUT2D eigenvalue weighted by Gasteiger charge is -2.16. The van der Waals surface area contributed by atoms with Crippen LogP contribution in [0.2, 0.25) is 0 Å². The van der Waals surface area contributed by atoms with E-state index >= 15 is 0 Å². The molecule has 28 heavy (non-hydrogen) atoms. The van der Waals surface area contributed by atoms with Crippen molar-refractivity contribution in [3.05, 3.63) is 74.1 Å². The topological polar surface area (TPSA) is 116 Å². The summed E-state index contributed by atoms with van der Waals surface area (Å²) in [4.78, 5) is 37.1. The van der Waals surface area contributed by atoms with Gasteiger partial charge in [0.1, 0.15) is 18.0 Å². The van der Waals surface area contributed by atoms with E-state index in [1.165, 1.54) is 20.5 Å². The van der Waals surface area contributed by atoms with Gasteiger partial charge < -0.3 is 23.4 Å².